The minimum absolute atomic E-state index is 0.0183. The second kappa shape index (κ2) is 10.6. The molecule has 1 N–H and O–H groups in total. The number of amides is 1. The Balaban J connectivity index is 1.85. The molecular formula is C27H22Cl2F3N3O3. The highest BCUT2D eigenvalue weighted by Gasteiger charge is 2.34. The van der Waals surface area contributed by atoms with Crippen LogP contribution in [-0.4, -0.2) is 39.8 Å². The second-order valence-electron chi connectivity index (χ2n) is 8.68. The predicted molar refractivity (Wildman–Crippen MR) is 140 cm³/mol. The van der Waals surface area contributed by atoms with Crippen molar-refractivity contribution in [3.63, 3.8) is 0 Å². The minimum Gasteiger partial charge on any atom is -0.506 e. The number of hydrogen-bond donors (Lipinski definition) is 1. The number of phenols is 1. The predicted octanol–water partition coefficient (Wildman–Crippen LogP) is 7.07. The van der Waals surface area contributed by atoms with Gasteiger partial charge >= 0.3 is 6.18 Å². The molecule has 0 atom stereocenters. The average Bonchev–Trinajstić information content (AvgIpc) is 3.24. The Hall–Kier alpha value is -3.69. The van der Waals surface area contributed by atoms with E-state index in [2.05, 4.69) is 5.10 Å². The van der Waals surface area contributed by atoms with E-state index in [4.69, 9.17) is 27.9 Å². The number of aromatic nitrogens is 2. The molecule has 0 saturated heterocycles. The summed E-state index contributed by atoms with van der Waals surface area (Å²) in [6.07, 6.45) is -4.72. The van der Waals surface area contributed by atoms with Crippen molar-refractivity contribution < 1.29 is 27.8 Å². The fourth-order valence-electron chi connectivity index (χ4n) is 3.85. The van der Waals surface area contributed by atoms with Crippen molar-refractivity contribution in [2.24, 2.45) is 7.05 Å². The summed E-state index contributed by atoms with van der Waals surface area (Å²) < 4.78 is 48.2. The van der Waals surface area contributed by atoms with Crippen molar-refractivity contribution in [3.8, 4) is 33.9 Å². The molecule has 0 unspecified atom stereocenters. The summed E-state index contributed by atoms with van der Waals surface area (Å²) in [4.78, 5) is 13.9. The van der Waals surface area contributed by atoms with E-state index < -0.39 is 16.8 Å². The largest absolute Gasteiger partial charge is 0.506 e. The van der Waals surface area contributed by atoms with E-state index in [1.807, 2.05) is 0 Å². The number of alkyl halides is 3. The molecule has 1 amide bonds. The van der Waals surface area contributed by atoms with E-state index in [0.717, 1.165) is 17.7 Å². The van der Waals surface area contributed by atoms with Crippen LogP contribution < -0.4 is 4.74 Å². The number of phenolic OH excluding ortho intramolecular Hbond substituents is 1. The summed E-state index contributed by atoms with van der Waals surface area (Å²) in [7, 11) is 4.77. The molecule has 6 nitrogen and oxygen atoms in total. The van der Waals surface area contributed by atoms with Crippen molar-refractivity contribution in [2.75, 3.05) is 14.1 Å². The van der Waals surface area contributed by atoms with Gasteiger partial charge in [0.2, 0.25) is 0 Å². The van der Waals surface area contributed by atoms with Gasteiger partial charge in [-0.3, -0.25) is 9.48 Å². The van der Waals surface area contributed by atoms with Crippen LogP contribution in [-0.2, 0) is 19.8 Å². The molecule has 0 fully saturated rings. The fourth-order valence-corrected chi connectivity index (χ4v) is 4.20. The van der Waals surface area contributed by atoms with E-state index in [9.17, 15) is 23.1 Å². The Kier molecular flexibility index (Phi) is 7.62. The smallest absolute Gasteiger partial charge is 0.417 e. The monoisotopic (exact) mass is 563 g/mol. The topological polar surface area (TPSA) is 67.6 Å². The number of halogens is 5. The van der Waals surface area contributed by atoms with Crippen LogP contribution in [0.15, 0.2) is 60.7 Å². The summed E-state index contributed by atoms with van der Waals surface area (Å²) in [5, 5.41) is 15.8. The number of carbonyl (C=O) groups is 1. The molecule has 0 aliphatic carbocycles. The zero-order valence-electron chi connectivity index (χ0n) is 20.5. The molecule has 0 saturated carbocycles. The van der Waals surface area contributed by atoms with Crippen molar-refractivity contribution in [1.29, 1.82) is 0 Å². The van der Waals surface area contributed by atoms with E-state index >= 15 is 0 Å². The van der Waals surface area contributed by atoms with Crippen molar-refractivity contribution in [2.45, 2.75) is 12.8 Å². The Morgan fingerprint density at radius 2 is 1.74 bits per heavy atom. The van der Waals surface area contributed by atoms with Crippen molar-refractivity contribution in [3.05, 3.63) is 87.5 Å². The molecule has 4 rings (SSSR count). The molecule has 4 aromatic rings. The average molecular weight is 564 g/mol. The first kappa shape index (κ1) is 27.3. The highest BCUT2D eigenvalue weighted by molar-refractivity contribution is 6.31. The van der Waals surface area contributed by atoms with Gasteiger partial charge in [0.25, 0.3) is 5.91 Å². The van der Waals surface area contributed by atoms with Crippen LogP contribution in [0.25, 0.3) is 22.4 Å². The van der Waals surface area contributed by atoms with Crippen LogP contribution in [0.1, 0.15) is 21.6 Å². The molecule has 1 heterocycles. The highest BCUT2D eigenvalue weighted by Crippen LogP contribution is 2.46. The Morgan fingerprint density at radius 3 is 2.37 bits per heavy atom. The number of hydrogen-bond acceptors (Lipinski definition) is 4. The number of carbonyl (C=O) groups excluding carboxylic acids is 1. The Morgan fingerprint density at radius 1 is 1.05 bits per heavy atom. The zero-order chi connectivity index (χ0) is 27.8. The van der Waals surface area contributed by atoms with E-state index in [1.165, 1.54) is 33.8 Å². The molecule has 3 aromatic carbocycles. The number of rotatable bonds is 6. The molecule has 0 aliphatic heterocycles. The molecule has 11 heteroatoms. The SMILES string of the molecule is CN(C)C(=O)c1cc(-c2ccc(OCc3ccc(Cl)cc3)c(-c3ccc(Cl)c(C(F)(F)F)c3)c2O)nn1C. The van der Waals surface area contributed by atoms with Gasteiger partial charge < -0.3 is 14.7 Å². The van der Waals surface area contributed by atoms with E-state index in [0.29, 0.717) is 5.02 Å². The van der Waals surface area contributed by atoms with Crippen LogP contribution in [0, 0.1) is 0 Å². The standard InChI is InChI=1S/C27H22Cl2F3N3O3/c1-34(2)26(37)22-13-21(33-35(22)3)18-9-11-23(38-14-15-4-7-17(28)8-5-15)24(25(18)36)16-6-10-20(29)19(12-16)27(30,31)32/h4-13,36H,14H2,1-3H3. The normalized spacial score (nSPS) is 11.5. The maximum atomic E-state index is 13.6. The fraction of sp³-hybridized carbons (Fsp3) is 0.185. The van der Waals surface area contributed by atoms with Crippen LogP contribution in [0.4, 0.5) is 13.2 Å². The summed E-state index contributed by atoms with van der Waals surface area (Å²) in [6, 6.07) is 14.8. The molecule has 38 heavy (non-hydrogen) atoms. The Bertz CT molecular complexity index is 1500. The van der Waals surface area contributed by atoms with Crippen LogP contribution in [0.5, 0.6) is 11.5 Å². The van der Waals surface area contributed by atoms with E-state index in [-0.39, 0.29) is 52.1 Å². The van der Waals surface area contributed by atoms with E-state index in [1.54, 1.807) is 45.4 Å². The maximum absolute atomic E-state index is 13.6. The first-order valence-electron chi connectivity index (χ1n) is 11.2. The third-order valence-electron chi connectivity index (χ3n) is 5.79. The van der Waals surface area contributed by atoms with Gasteiger partial charge in [0, 0.05) is 31.7 Å². The third-order valence-corrected chi connectivity index (χ3v) is 6.37. The third kappa shape index (κ3) is 5.58. The molecule has 1 aromatic heterocycles. The number of nitrogens with zero attached hydrogens (tertiary/aromatic N) is 3. The van der Waals surface area contributed by atoms with Gasteiger partial charge in [-0.1, -0.05) is 41.4 Å². The zero-order valence-corrected chi connectivity index (χ0v) is 22.0. The van der Waals surface area contributed by atoms with Gasteiger partial charge in [-0.05, 0) is 53.6 Å². The molecular weight excluding hydrogens is 542 g/mol. The maximum Gasteiger partial charge on any atom is 0.417 e. The summed E-state index contributed by atoms with van der Waals surface area (Å²) in [6.45, 7) is 0.0632. The summed E-state index contributed by atoms with van der Waals surface area (Å²) >= 11 is 11.8. The number of ether oxygens (including phenoxy) is 1. The first-order valence-corrected chi connectivity index (χ1v) is 12.0. The van der Waals surface area contributed by atoms with Gasteiger partial charge in [0.1, 0.15) is 23.8 Å². The van der Waals surface area contributed by atoms with Gasteiger partial charge in [-0.15, -0.1) is 0 Å². The van der Waals surface area contributed by atoms with Crippen molar-refractivity contribution in [1.82, 2.24) is 14.7 Å². The summed E-state index contributed by atoms with van der Waals surface area (Å²) in [5.41, 5.74) is 0.480. The van der Waals surface area contributed by atoms with Crippen molar-refractivity contribution >= 4 is 29.1 Å². The lowest BCUT2D eigenvalue weighted by Crippen LogP contribution is -2.24. The second-order valence-corrected chi connectivity index (χ2v) is 9.52. The molecule has 198 valence electrons. The summed E-state index contributed by atoms with van der Waals surface area (Å²) in [5.74, 6) is -0.533. The quantitative estimate of drug-likeness (QED) is 0.272. The molecule has 0 radical (unpaired) electrons. The number of benzene rings is 3. The lowest BCUT2D eigenvalue weighted by atomic mass is 9.97. The lowest BCUT2D eigenvalue weighted by molar-refractivity contribution is -0.137. The van der Waals surface area contributed by atoms with Gasteiger partial charge in [-0.2, -0.15) is 18.3 Å². The number of aryl methyl sites for hydroxylation is 1. The molecule has 0 bridgehead atoms. The first-order chi connectivity index (χ1) is 17.9. The minimum atomic E-state index is -4.72. The van der Waals surface area contributed by atoms with Crippen LogP contribution in [0.2, 0.25) is 10.0 Å². The lowest BCUT2D eigenvalue weighted by Gasteiger charge is -2.17. The molecule has 0 spiro atoms. The Labute approximate surface area is 226 Å². The van der Waals surface area contributed by atoms with Crippen LogP contribution in [0.3, 0.4) is 0 Å². The number of aromatic hydroxyl groups is 1. The highest BCUT2D eigenvalue weighted by atomic mass is 35.5. The van der Waals surface area contributed by atoms with Gasteiger partial charge in [0.15, 0.2) is 0 Å². The van der Waals surface area contributed by atoms with Gasteiger partial charge in [-0.25, -0.2) is 0 Å². The van der Waals surface area contributed by atoms with Gasteiger partial charge in [0.05, 0.1) is 21.8 Å². The molecule has 0 aliphatic rings. The van der Waals surface area contributed by atoms with Crippen LogP contribution >= 0.6 is 23.2 Å².